The molecule has 15 heteroatoms. The quantitative estimate of drug-likeness (QED) is 0.178. The Morgan fingerprint density at radius 3 is 2.56 bits per heavy atom. The molecule has 2 aliphatic carbocycles. The van der Waals surface area contributed by atoms with E-state index in [4.69, 9.17) is 14.5 Å². The highest BCUT2D eigenvalue weighted by molar-refractivity contribution is 7.90. The number of carbonyl (C=O) groups excluding carboxylic acids is 4. The molecule has 2 aliphatic heterocycles. The van der Waals surface area contributed by atoms with E-state index in [1.165, 1.54) is 4.90 Å². The molecule has 4 aliphatic rings. The highest BCUT2D eigenvalue weighted by atomic mass is 32.2. The van der Waals surface area contributed by atoms with Crippen molar-refractivity contribution in [2.45, 2.75) is 141 Å². The number of rotatable bonds is 9. The van der Waals surface area contributed by atoms with Crippen LogP contribution in [-0.4, -0.2) is 81.0 Å². The molecule has 1 aromatic carbocycles. The monoisotopic (exact) mass is 821 g/mol. The number of para-hydroxylation sites is 1. The van der Waals surface area contributed by atoms with Crippen molar-refractivity contribution in [3.63, 3.8) is 0 Å². The number of esters is 1. The number of sulfonamides is 1. The number of hydrogen-bond donors (Lipinski definition) is 1. The van der Waals surface area contributed by atoms with Gasteiger partial charge >= 0.3 is 5.97 Å². The molecule has 0 bridgehead atoms. The SMILES string of the molecule is Cc1cnc(-c2cccc3c2nc(O[C@@H]2C[C@H]4C(=O)C[C@]5(C(=O)NS(=O)(=O)C6CC6)C[C@@H]5/C=C\CCCCC[C@H](CC(=O)OC(C)(C)C)C(=O)N4C2)n3C(C)C)s1. The maximum Gasteiger partial charge on any atom is 0.307 e. The number of aromatic nitrogens is 3. The van der Waals surface area contributed by atoms with Gasteiger partial charge in [-0.1, -0.05) is 31.1 Å². The molecular weight excluding hydrogens is 767 g/mol. The third-order valence-corrected chi connectivity index (χ3v) is 14.3. The molecule has 3 aromatic rings. The summed E-state index contributed by atoms with van der Waals surface area (Å²) in [4.78, 5) is 68.7. The molecule has 2 aromatic heterocycles. The van der Waals surface area contributed by atoms with Crippen molar-refractivity contribution in [1.29, 1.82) is 0 Å². The molecule has 0 unspecified atom stereocenters. The number of nitrogens with one attached hydrogen (secondary N) is 1. The Kier molecular flexibility index (Phi) is 11.5. The van der Waals surface area contributed by atoms with Crippen molar-refractivity contribution >= 4 is 56.0 Å². The number of carbonyl (C=O) groups is 4. The van der Waals surface area contributed by atoms with E-state index in [2.05, 4.69) is 9.71 Å². The van der Waals surface area contributed by atoms with Crippen molar-refractivity contribution < 1.29 is 37.1 Å². The average Bonchev–Trinajstić information content (AvgIpc) is 3.96. The highest BCUT2D eigenvalue weighted by Gasteiger charge is 2.61. The summed E-state index contributed by atoms with van der Waals surface area (Å²) in [5.74, 6) is -2.85. The number of nitrogens with zero attached hydrogens (tertiary/aromatic N) is 4. The topological polar surface area (TPSA) is 167 Å². The maximum atomic E-state index is 14.7. The van der Waals surface area contributed by atoms with Crippen LogP contribution < -0.4 is 9.46 Å². The number of benzene rings is 1. The van der Waals surface area contributed by atoms with E-state index in [1.807, 2.05) is 61.9 Å². The van der Waals surface area contributed by atoms with Gasteiger partial charge in [0.2, 0.25) is 21.8 Å². The molecule has 0 spiro atoms. The van der Waals surface area contributed by atoms with Crippen molar-refractivity contribution in [1.82, 2.24) is 24.2 Å². The third kappa shape index (κ3) is 8.99. The Morgan fingerprint density at radius 1 is 1.11 bits per heavy atom. The van der Waals surface area contributed by atoms with Gasteiger partial charge in [-0.2, -0.15) is 4.98 Å². The van der Waals surface area contributed by atoms with E-state index in [-0.39, 0.29) is 49.5 Å². The second-order valence-electron chi connectivity index (χ2n) is 17.6. The lowest BCUT2D eigenvalue weighted by Crippen LogP contribution is -2.46. The summed E-state index contributed by atoms with van der Waals surface area (Å²) >= 11 is 1.58. The lowest BCUT2D eigenvalue weighted by Gasteiger charge is -2.29. The molecule has 1 saturated heterocycles. The fraction of sp³-hybridized carbons (Fsp3) is 0.619. The van der Waals surface area contributed by atoms with Crippen LogP contribution in [0.4, 0.5) is 0 Å². The average molecular weight is 822 g/mol. The molecule has 7 rings (SSSR count). The molecule has 2 saturated carbocycles. The molecule has 308 valence electrons. The predicted octanol–water partition coefficient (Wildman–Crippen LogP) is 6.84. The predicted molar refractivity (Wildman–Crippen MR) is 217 cm³/mol. The van der Waals surface area contributed by atoms with Gasteiger partial charge in [0, 0.05) is 41.4 Å². The Bertz CT molecular complexity index is 2180. The van der Waals surface area contributed by atoms with Crippen molar-refractivity contribution in [3.05, 3.63) is 41.4 Å². The van der Waals surface area contributed by atoms with Crippen molar-refractivity contribution in [3.8, 4) is 16.6 Å². The number of ketones is 1. The van der Waals surface area contributed by atoms with E-state index in [0.29, 0.717) is 38.1 Å². The fourth-order valence-electron chi connectivity index (χ4n) is 8.38. The summed E-state index contributed by atoms with van der Waals surface area (Å²) < 4.78 is 42.5. The summed E-state index contributed by atoms with van der Waals surface area (Å²) in [5.41, 5.74) is 0.500. The van der Waals surface area contributed by atoms with Gasteiger partial charge in [0.25, 0.3) is 6.01 Å². The van der Waals surface area contributed by atoms with E-state index in [9.17, 15) is 27.6 Å². The first-order valence-corrected chi connectivity index (χ1v) is 22.7. The largest absolute Gasteiger partial charge is 0.460 e. The van der Waals surface area contributed by atoms with E-state index in [0.717, 1.165) is 45.7 Å². The van der Waals surface area contributed by atoms with Crippen LogP contribution in [0.15, 0.2) is 36.5 Å². The van der Waals surface area contributed by atoms with Gasteiger partial charge < -0.3 is 14.4 Å². The molecule has 2 amide bonds. The minimum absolute atomic E-state index is 0.0447. The molecule has 3 fully saturated rings. The standard InChI is InChI=1S/C42H55N5O8S2/c1-25(2)47-32-16-12-15-31(37-43-23-26(3)56-37)36(32)44-40(47)54-29-20-33-34(48)22-42(39(51)45-57(52,53)30-17-18-30)21-28(42)14-11-9-7-8-10-13-27(38(50)46(33)24-29)19-35(49)55-41(4,5)6/h11-12,14-16,23,25,27-30,33H,7-10,13,17-22,24H2,1-6H3,(H,45,51)/b14-11-/t27-,28+,29-,33+,42-/m1/s1. The molecule has 0 radical (unpaired) electrons. The zero-order valence-electron chi connectivity index (χ0n) is 33.8. The Hall–Kier alpha value is -4.11. The normalized spacial score (nSPS) is 26.7. The number of fused-ring (bicyclic) bond motifs is 3. The molecule has 1 N–H and O–H groups in total. The van der Waals surface area contributed by atoms with Gasteiger partial charge in [-0.3, -0.25) is 28.5 Å². The molecule has 5 atom stereocenters. The van der Waals surface area contributed by atoms with Crippen molar-refractivity contribution in [2.24, 2.45) is 17.3 Å². The number of hydrogen-bond acceptors (Lipinski definition) is 11. The molecule has 57 heavy (non-hydrogen) atoms. The smallest absolute Gasteiger partial charge is 0.307 e. The first kappa shape index (κ1) is 41.1. The summed E-state index contributed by atoms with van der Waals surface area (Å²) in [5, 5.41) is 0.247. The van der Waals surface area contributed by atoms with Crippen LogP contribution in [0.5, 0.6) is 6.01 Å². The minimum Gasteiger partial charge on any atom is -0.460 e. The summed E-state index contributed by atoms with van der Waals surface area (Å²) in [6.07, 6.45) is 9.82. The zero-order valence-corrected chi connectivity index (χ0v) is 35.4. The number of aryl methyl sites for hydroxylation is 1. The number of amides is 2. The van der Waals surface area contributed by atoms with Gasteiger partial charge in [-0.15, -0.1) is 11.3 Å². The first-order valence-electron chi connectivity index (χ1n) is 20.3. The lowest BCUT2D eigenvalue weighted by molar-refractivity contribution is -0.159. The Labute approximate surface area is 339 Å². The van der Waals surface area contributed by atoms with Crippen LogP contribution in [0, 0.1) is 24.2 Å². The summed E-state index contributed by atoms with van der Waals surface area (Å²) in [7, 11) is -3.85. The van der Waals surface area contributed by atoms with Crippen molar-refractivity contribution in [2.75, 3.05) is 6.54 Å². The van der Waals surface area contributed by atoms with E-state index in [1.54, 1.807) is 32.1 Å². The van der Waals surface area contributed by atoms with Crippen LogP contribution >= 0.6 is 11.3 Å². The number of Topliss-reactive ketones (excluding diaryl/α,β-unsaturated/α-hetero) is 1. The van der Waals surface area contributed by atoms with Crippen LogP contribution in [-0.2, 0) is 33.9 Å². The maximum absolute atomic E-state index is 14.7. The number of imidazole rings is 1. The van der Waals surface area contributed by atoms with E-state index < -0.39 is 56.2 Å². The molecule has 4 heterocycles. The third-order valence-electron chi connectivity index (χ3n) is 11.5. The zero-order chi connectivity index (χ0) is 40.9. The number of allylic oxidation sites excluding steroid dienone is 2. The van der Waals surface area contributed by atoms with Crippen LogP contribution in [0.2, 0.25) is 0 Å². The van der Waals surface area contributed by atoms with Crippen LogP contribution in [0.3, 0.4) is 0 Å². The molecular formula is C42H55N5O8S2. The second kappa shape index (κ2) is 15.9. The van der Waals surface area contributed by atoms with Crippen LogP contribution in [0.1, 0.15) is 116 Å². The fourth-order valence-corrected chi connectivity index (χ4v) is 10.6. The van der Waals surface area contributed by atoms with Gasteiger partial charge in [0.05, 0.1) is 35.2 Å². The number of thiazole rings is 1. The molecule has 13 nitrogen and oxygen atoms in total. The first-order chi connectivity index (χ1) is 27.0. The highest BCUT2D eigenvalue weighted by Crippen LogP contribution is 2.57. The minimum atomic E-state index is -3.85. The summed E-state index contributed by atoms with van der Waals surface area (Å²) in [6, 6.07) is 5.28. The Morgan fingerprint density at radius 2 is 1.88 bits per heavy atom. The van der Waals surface area contributed by atoms with Gasteiger partial charge in [0.1, 0.15) is 22.2 Å². The number of ether oxygens (including phenoxy) is 2. The van der Waals surface area contributed by atoms with E-state index >= 15 is 0 Å². The van der Waals surface area contributed by atoms with Gasteiger partial charge in [0.15, 0.2) is 5.78 Å². The summed E-state index contributed by atoms with van der Waals surface area (Å²) in [6.45, 7) is 11.5. The lowest BCUT2D eigenvalue weighted by atomic mass is 9.90. The van der Waals surface area contributed by atoms with Gasteiger partial charge in [-0.05, 0) is 98.1 Å². The van der Waals surface area contributed by atoms with Gasteiger partial charge in [-0.25, -0.2) is 13.4 Å². The van der Waals surface area contributed by atoms with Crippen LogP contribution in [0.25, 0.3) is 21.6 Å². The Balaban J connectivity index is 1.22. The second-order valence-corrected chi connectivity index (χ2v) is 20.8.